The van der Waals surface area contributed by atoms with Crippen LogP contribution in [0.15, 0.2) is 69.6 Å². The molecule has 0 radical (unpaired) electrons. The van der Waals surface area contributed by atoms with E-state index in [1.165, 1.54) is 25.3 Å². The minimum absolute atomic E-state index is 0.0274. The smallest absolute Gasteiger partial charge is 0.282 e. The molecule has 2 N–H and O–H groups in total. The lowest BCUT2D eigenvalue weighted by molar-refractivity contribution is -0.219. The number of hydrogen-bond donors (Lipinski definition) is 2. The molecule has 0 amide bonds. The highest BCUT2D eigenvalue weighted by molar-refractivity contribution is 7.90. The van der Waals surface area contributed by atoms with Crippen LogP contribution in [0.5, 0.6) is 5.75 Å². The number of hydrogen-bond acceptors (Lipinski definition) is 7. The second-order valence-corrected chi connectivity index (χ2v) is 8.51. The van der Waals surface area contributed by atoms with Crippen molar-refractivity contribution < 1.29 is 28.1 Å². The molecule has 1 heterocycles. The van der Waals surface area contributed by atoms with Crippen LogP contribution in [0.3, 0.4) is 0 Å². The number of methoxy groups -OCH3 is 1. The molecule has 1 aliphatic heterocycles. The molecule has 1 fully saturated rings. The number of morpholine rings is 1. The molecule has 2 aromatic carbocycles. The summed E-state index contributed by atoms with van der Waals surface area (Å²) in [6, 6.07) is 12.8. The van der Waals surface area contributed by atoms with Gasteiger partial charge >= 0.3 is 0 Å². The quantitative estimate of drug-likeness (QED) is 0.735. The Hall–Kier alpha value is -2.72. The number of rotatable bonds is 5. The summed E-state index contributed by atoms with van der Waals surface area (Å²) in [5.74, 6) is -1.19. The maximum absolute atomic E-state index is 13.0. The fraction of sp³-hybridized carbons (Fsp3) is 0.286. The predicted molar refractivity (Wildman–Crippen MR) is 110 cm³/mol. The van der Waals surface area contributed by atoms with E-state index < -0.39 is 15.8 Å². The normalized spacial score (nSPS) is 22.3. The summed E-state index contributed by atoms with van der Waals surface area (Å²) in [5.41, 5.74) is 1.42. The molecule has 0 bridgehead atoms. The largest absolute Gasteiger partial charge is 0.497 e. The molecule has 158 valence electrons. The minimum atomic E-state index is -4.02. The zero-order chi connectivity index (χ0) is 21.4. The zero-order valence-corrected chi connectivity index (χ0v) is 17.2. The van der Waals surface area contributed by atoms with Gasteiger partial charge in [-0.1, -0.05) is 24.3 Å². The van der Waals surface area contributed by atoms with Crippen molar-refractivity contribution in [2.24, 2.45) is 4.40 Å². The van der Waals surface area contributed by atoms with Gasteiger partial charge in [0.25, 0.3) is 10.0 Å². The lowest BCUT2D eigenvalue weighted by atomic mass is 9.86. The third kappa shape index (κ3) is 3.50. The van der Waals surface area contributed by atoms with E-state index in [1.54, 1.807) is 41.3 Å². The van der Waals surface area contributed by atoms with E-state index in [-0.39, 0.29) is 30.4 Å². The Labute approximate surface area is 174 Å². The molecule has 4 rings (SSSR count). The van der Waals surface area contributed by atoms with Crippen LogP contribution in [0.2, 0.25) is 0 Å². The maximum Gasteiger partial charge on any atom is 0.282 e. The van der Waals surface area contributed by atoms with Gasteiger partial charge in [-0.05, 0) is 30.3 Å². The van der Waals surface area contributed by atoms with E-state index in [9.17, 15) is 18.6 Å². The van der Waals surface area contributed by atoms with Gasteiger partial charge in [-0.15, -0.1) is 0 Å². The van der Waals surface area contributed by atoms with Crippen molar-refractivity contribution in [3.63, 3.8) is 0 Å². The van der Waals surface area contributed by atoms with Gasteiger partial charge in [-0.2, -0.15) is 12.8 Å². The predicted octanol–water partition coefficient (Wildman–Crippen LogP) is 1.24. The van der Waals surface area contributed by atoms with Crippen LogP contribution >= 0.6 is 0 Å². The number of ether oxygens (including phenoxy) is 2. The number of nitrogens with zero attached hydrogens (tertiary/aromatic N) is 2. The van der Waals surface area contributed by atoms with Gasteiger partial charge < -0.3 is 24.6 Å². The second kappa shape index (κ2) is 7.84. The molecule has 2 aliphatic rings. The van der Waals surface area contributed by atoms with Gasteiger partial charge in [0.05, 0.1) is 36.6 Å². The third-order valence-electron chi connectivity index (χ3n) is 5.15. The fourth-order valence-electron chi connectivity index (χ4n) is 3.68. The Kier molecular flexibility index (Phi) is 5.37. The average molecular weight is 430 g/mol. The van der Waals surface area contributed by atoms with Gasteiger partial charge in [0.2, 0.25) is 5.79 Å². The summed E-state index contributed by atoms with van der Waals surface area (Å²) < 4.78 is 40.8. The van der Waals surface area contributed by atoms with Gasteiger partial charge in [-0.25, -0.2) is 0 Å². The zero-order valence-electron chi connectivity index (χ0n) is 16.4. The maximum atomic E-state index is 13.0. The van der Waals surface area contributed by atoms with Crippen LogP contribution in [-0.4, -0.2) is 62.7 Å². The summed E-state index contributed by atoms with van der Waals surface area (Å²) >= 11 is 0. The van der Waals surface area contributed by atoms with Crippen molar-refractivity contribution in [2.45, 2.75) is 10.7 Å². The van der Waals surface area contributed by atoms with Crippen molar-refractivity contribution in [3.05, 3.63) is 71.4 Å². The van der Waals surface area contributed by atoms with Crippen LogP contribution in [0.25, 0.3) is 0 Å². The first-order valence-electron chi connectivity index (χ1n) is 9.42. The summed E-state index contributed by atoms with van der Waals surface area (Å²) in [7, 11) is -2.52. The summed E-state index contributed by atoms with van der Waals surface area (Å²) in [4.78, 5) is 1.80. The lowest BCUT2D eigenvalue weighted by Crippen LogP contribution is -2.50. The van der Waals surface area contributed by atoms with Crippen molar-refractivity contribution >= 4 is 15.7 Å². The van der Waals surface area contributed by atoms with E-state index in [0.29, 0.717) is 29.1 Å². The van der Waals surface area contributed by atoms with Crippen LogP contribution < -0.4 is 4.74 Å². The second-order valence-electron chi connectivity index (χ2n) is 6.91. The van der Waals surface area contributed by atoms with Crippen molar-refractivity contribution in [3.8, 4) is 5.75 Å². The molecule has 30 heavy (non-hydrogen) atoms. The monoisotopic (exact) mass is 430 g/mol. The lowest BCUT2D eigenvalue weighted by Gasteiger charge is -2.45. The van der Waals surface area contributed by atoms with Gasteiger partial charge in [0.15, 0.2) is 0 Å². The third-order valence-corrected chi connectivity index (χ3v) is 6.45. The van der Waals surface area contributed by atoms with E-state index in [0.717, 1.165) is 0 Å². The summed E-state index contributed by atoms with van der Waals surface area (Å²) in [5, 5.41) is 20.7. The molecule has 0 unspecified atom stereocenters. The Morgan fingerprint density at radius 3 is 2.63 bits per heavy atom. The Bertz CT molecular complexity index is 1110. The number of fused-ring (bicyclic) bond motifs is 3. The first-order chi connectivity index (χ1) is 14.4. The number of aliphatic hydroxyl groups excluding tert-OH is 1. The standard InChI is InChI=1S/C21H22N2O6S/c1-28-15-6-8-16(9-7-15)30(26,27)22-19-14-20-21(25,18-5-3-2-4-17(18)19)29-13-11-23(20)10-12-24/h2-9,14,24-25H,10-13H2,1H3/t21-/m0/s1. The number of sulfonamides is 1. The molecule has 9 heteroatoms. The van der Waals surface area contributed by atoms with Gasteiger partial charge in [0, 0.05) is 24.2 Å². The number of aliphatic hydroxyl groups is 2. The first-order valence-corrected chi connectivity index (χ1v) is 10.9. The van der Waals surface area contributed by atoms with E-state index in [2.05, 4.69) is 4.40 Å². The Morgan fingerprint density at radius 2 is 1.93 bits per heavy atom. The summed E-state index contributed by atoms with van der Waals surface area (Å²) in [6.45, 7) is 0.873. The van der Waals surface area contributed by atoms with Crippen molar-refractivity contribution in [1.29, 1.82) is 0 Å². The molecule has 0 saturated carbocycles. The average Bonchev–Trinajstić information content (AvgIpc) is 2.75. The Morgan fingerprint density at radius 1 is 1.20 bits per heavy atom. The van der Waals surface area contributed by atoms with Crippen LogP contribution in [0, 0.1) is 0 Å². The van der Waals surface area contributed by atoms with Crippen LogP contribution in [-0.2, 0) is 20.5 Å². The van der Waals surface area contributed by atoms with E-state index >= 15 is 0 Å². The molecule has 8 nitrogen and oxygen atoms in total. The molecule has 0 aromatic heterocycles. The number of allylic oxidation sites excluding steroid dienone is 1. The Balaban J connectivity index is 1.85. The van der Waals surface area contributed by atoms with Crippen molar-refractivity contribution in [2.75, 3.05) is 33.4 Å². The molecular weight excluding hydrogens is 408 g/mol. The molecular formula is C21H22N2O6S. The van der Waals surface area contributed by atoms with Crippen LogP contribution in [0.1, 0.15) is 11.1 Å². The first kappa shape index (κ1) is 20.5. The minimum Gasteiger partial charge on any atom is -0.497 e. The highest BCUT2D eigenvalue weighted by Gasteiger charge is 2.46. The molecule has 1 saturated heterocycles. The summed E-state index contributed by atoms with van der Waals surface area (Å²) in [6.07, 6.45) is 1.51. The number of benzene rings is 2. The fourth-order valence-corrected chi connectivity index (χ4v) is 4.68. The topological polar surface area (TPSA) is 109 Å². The SMILES string of the molecule is COc1ccc(S(=O)(=O)N=C2C=C3N(CCO)CCO[C@@]3(O)c3ccccc32)cc1. The highest BCUT2D eigenvalue weighted by Crippen LogP contribution is 2.41. The molecule has 2 aromatic rings. The van der Waals surface area contributed by atoms with Gasteiger partial charge in [-0.3, -0.25) is 0 Å². The van der Waals surface area contributed by atoms with Crippen molar-refractivity contribution in [1.82, 2.24) is 4.90 Å². The molecule has 0 spiro atoms. The van der Waals surface area contributed by atoms with E-state index in [4.69, 9.17) is 9.47 Å². The van der Waals surface area contributed by atoms with Gasteiger partial charge in [0.1, 0.15) is 5.75 Å². The molecule has 1 aliphatic carbocycles. The molecule has 1 atom stereocenters. The van der Waals surface area contributed by atoms with Crippen LogP contribution in [0.4, 0.5) is 0 Å². The highest BCUT2D eigenvalue weighted by atomic mass is 32.2. The number of β-amino-alcohol motifs (C(OH)–C–C–N with tert-alkyl or cyclic N) is 1. The van der Waals surface area contributed by atoms with E-state index in [1.807, 2.05) is 0 Å².